The van der Waals surface area contributed by atoms with Gasteiger partial charge in [0.1, 0.15) is 23.8 Å². The molecule has 4 rings (SSSR count). The molecule has 3 aromatic carbocycles. The number of benzene rings is 3. The SMILES string of the molecule is C[C@H](NC(=O)Cc1cc(F)cc(F)c1)C(=O)N[C@H](C(=O)OC(c1ccccc1)C1CC1)c1ccccc1. The molecule has 0 bridgehead atoms. The number of carbonyl (C=O) groups excluding carboxylic acids is 3. The van der Waals surface area contributed by atoms with Crippen molar-refractivity contribution in [2.24, 2.45) is 5.92 Å². The highest BCUT2D eigenvalue weighted by Gasteiger charge is 2.37. The van der Waals surface area contributed by atoms with E-state index in [0.29, 0.717) is 11.6 Å². The second kappa shape index (κ2) is 11.8. The van der Waals surface area contributed by atoms with E-state index in [1.165, 1.54) is 6.92 Å². The Morgan fingerprint density at radius 3 is 2.00 bits per heavy atom. The molecule has 3 aromatic rings. The first kappa shape index (κ1) is 26.0. The van der Waals surface area contributed by atoms with Crippen LogP contribution in [0.15, 0.2) is 78.9 Å². The third-order valence-corrected chi connectivity index (χ3v) is 6.13. The summed E-state index contributed by atoms with van der Waals surface area (Å²) in [6.07, 6.45) is 1.18. The maximum atomic E-state index is 13.4. The quantitative estimate of drug-likeness (QED) is 0.395. The summed E-state index contributed by atoms with van der Waals surface area (Å²) >= 11 is 0. The Labute approximate surface area is 214 Å². The first-order chi connectivity index (χ1) is 17.8. The molecule has 2 N–H and O–H groups in total. The lowest BCUT2D eigenvalue weighted by molar-refractivity contribution is -0.155. The fourth-order valence-electron chi connectivity index (χ4n) is 4.12. The Kier molecular flexibility index (Phi) is 8.28. The van der Waals surface area contributed by atoms with Crippen LogP contribution < -0.4 is 10.6 Å². The van der Waals surface area contributed by atoms with Gasteiger partial charge in [0.2, 0.25) is 11.8 Å². The van der Waals surface area contributed by atoms with E-state index >= 15 is 0 Å². The lowest BCUT2D eigenvalue weighted by atomic mass is 10.0. The number of hydrogen-bond donors (Lipinski definition) is 2. The van der Waals surface area contributed by atoms with Crippen LogP contribution in [0.4, 0.5) is 8.78 Å². The van der Waals surface area contributed by atoms with E-state index in [9.17, 15) is 23.2 Å². The van der Waals surface area contributed by atoms with E-state index in [1.807, 2.05) is 30.3 Å². The predicted molar refractivity (Wildman–Crippen MR) is 133 cm³/mol. The van der Waals surface area contributed by atoms with Crippen molar-refractivity contribution < 1.29 is 27.9 Å². The smallest absolute Gasteiger partial charge is 0.333 e. The van der Waals surface area contributed by atoms with Gasteiger partial charge in [0.25, 0.3) is 0 Å². The number of halogens is 2. The van der Waals surface area contributed by atoms with Crippen molar-refractivity contribution in [3.05, 3.63) is 107 Å². The van der Waals surface area contributed by atoms with E-state index < -0.39 is 47.6 Å². The zero-order chi connectivity index (χ0) is 26.4. The van der Waals surface area contributed by atoms with Crippen LogP contribution in [0.1, 0.15) is 48.6 Å². The molecule has 0 aliphatic heterocycles. The van der Waals surface area contributed by atoms with Gasteiger partial charge in [-0.3, -0.25) is 9.59 Å². The molecule has 0 heterocycles. The number of carbonyl (C=O) groups is 3. The lowest BCUT2D eigenvalue weighted by Gasteiger charge is -2.24. The lowest BCUT2D eigenvalue weighted by Crippen LogP contribution is -2.48. The third kappa shape index (κ3) is 7.22. The van der Waals surface area contributed by atoms with Crippen LogP contribution in [-0.2, 0) is 25.5 Å². The number of amides is 2. The first-order valence-corrected chi connectivity index (χ1v) is 12.1. The number of hydrogen-bond acceptors (Lipinski definition) is 4. The molecule has 3 atom stereocenters. The molecule has 1 saturated carbocycles. The predicted octanol–water partition coefficient (Wildman–Crippen LogP) is 4.56. The maximum absolute atomic E-state index is 13.4. The van der Waals surface area contributed by atoms with Gasteiger partial charge in [-0.25, -0.2) is 13.6 Å². The summed E-state index contributed by atoms with van der Waals surface area (Å²) in [4.78, 5) is 38.7. The van der Waals surface area contributed by atoms with Crippen LogP contribution in [0.3, 0.4) is 0 Å². The highest BCUT2D eigenvalue weighted by atomic mass is 19.1. The minimum Gasteiger partial charge on any atom is -0.455 e. The Morgan fingerprint density at radius 1 is 0.865 bits per heavy atom. The van der Waals surface area contributed by atoms with E-state index in [2.05, 4.69) is 10.6 Å². The van der Waals surface area contributed by atoms with Gasteiger partial charge in [-0.15, -0.1) is 0 Å². The Hall–Kier alpha value is -4.07. The van der Waals surface area contributed by atoms with Crippen LogP contribution in [0.25, 0.3) is 0 Å². The van der Waals surface area contributed by atoms with Crippen molar-refractivity contribution in [3.8, 4) is 0 Å². The first-order valence-electron chi connectivity index (χ1n) is 12.1. The van der Waals surface area contributed by atoms with Crippen molar-refractivity contribution in [2.45, 2.75) is 44.4 Å². The molecule has 1 aliphatic rings. The second-order valence-electron chi connectivity index (χ2n) is 9.20. The maximum Gasteiger partial charge on any atom is 0.333 e. The average Bonchev–Trinajstić information content (AvgIpc) is 3.71. The summed E-state index contributed by atoms with van der Waals surface area (Å²) in [5, 5.41) is 5.20. The molecule has 1 aliphatic carbocycles. The number of rotatable bonds is 10. The molecule has 2 amide bonds. The van der Waals surface area contributed by atoms with E-state index in [0.717, 1.165) is 30.5 Å². The normalized spacial score (nSPS) is 15.2. The van der Waals surface area contributed by atoms with Gasteiger partial charge in [-0.1, -0.05) is 60.7 Å². The van der Waals surface area contributed by atoms with Crippen LogP contribution >= 0.6 is 0 Å². The summed E-state index contributed by atoms with van der Waals surface area (Å²) < 4.78 is 32.8. The summed E-state index contributed by atoms with van der Waals surface area (Å²) in [5.74, 6) is -3.16. The zero-order valence-corrected chi connectivity index (χ0v) is 20.3. The molecule has 0 spiro atoms. The van der Waals surface area contributed by atoms with Crippen LogP contribution in [0, 0.1) is 17.6 Å². The van der Waals surface area contributed by atoms with E-state index in [1.54, 1.807) is 30.3 Å². The molecule has 0 radical (unpaired) electrons. The summed E-state index contributed by atoms with van der Waals surface area (Å²) in [5.41, 5.74) is 1.57. The average molecular weight is 507 g/mol. The van der Waals surface area contributed by atoms with Crippen LogP contribution in [0.5, 0.6) is 0 Å². The van der Waals surface area contributed by atoms with Crippen LogP contribution in [-0.4, -0.2) is 23.8 Å². The van der Waals surface area contributed by atoms with Gasteiger partial charge in [0.15, 0.2) is 6.04 Å². The fraction of sp³-hybridized carbons (Fsp3) is 0.276. The van der Waals surface area contributed by atoms with Crippen molar-refractivity contribution in [1.29, 1.82) is 0 Å². The summed E-state index contributed by atoms with van der Waals surface area (Å²) in [6, 6.07) is 18.9. The molecule has 6 nitrogen and oxygen atoms in total. The molecule has 0 saturated heterocycles. The number of esters is 1. The standard InChI is InChI=1S/C29H28F2N2O4/c1-18(32-25(34)16-19-14-23(30)17-24(31)15-19)28(35)33-26(20-8-4-2-5-9-20)29(36)37-27(22-12-13-22)21-10-6-3-7-11-21/h2-11,14-15,17-18,22,26-27H,12-13,16H2,1H3,(H,32,34)(H,33,35)/t18-,26-,27?/m0/s1. The Balaban J connectivity index is 1.44. The van der Waals surface area contributed by atoms with Gasteiger partial charge in [-0.2, -0.15) is 0 Å². The zero-order valence-electron chi connectivity index (χ0n) is 20.3. The summed E-state index contributed by atoms with van der Waals surface area (Å²) in [7, 11) is 0. The molecule has 1 unspecified atom stereocenters. The fourth-order valence-corrected chi connectivity index (χ4v) is 4.12. The largest absolute Gasteiger partial charge is 0.455 e. The second-order valence-corrected chi connectivity index (χ2v) is 9.20. The molecule has 8 heteroatoms. The molecular weight excluding hydrogens is 478 g/mol. The third-order valence-electron chi connectivity index (χ3n) is 6.13. The van der Waals surface area contributed by atoms with Gasteiger partial charge in [0.05, 0.1) is 6.42 Å². The minimum absolute atomic E-state index is 0.139. The van der Waals surface area contributed by atoms with Gasteiger partial charge in [-0.05, 0) is 48.6 Å². The van der Waals surface area contributed by atoms with Crippen molar-refractivity contribution >= 4 is 17.8 Å². The Bertz CT molecular complexity index is 1230. The minimum atomic E-state index is -1.09. The van der Waals surface area contributed by atoms with Crippen molar-refractivity contribution in [3.63, 3.8) is 0 Å². The Morgan fingerprint density at radius 2 is 1.43 bits per heavy atom. The van der Waals surface area contributed by atoms with Crippen molar-refractivity contribution in [1.82, 2.24) is 10.6 Å². The van der Waals surface area contributed by atoms with E-state index in [-0.39, 0.29) is 17.9 Å². The van der Waals surface area contributed by atoms with Crippen molar-refractivity contribution in [2.75, 3.05) is 0 Å². The topological polar surface area (TPSA) is 84.5 Å². The summed E-state index contributed by atoms with van der Waals surface area (Å²) in [6.45, 7) is 1.46. The molecule has 0 aromatic heterocycles. The molecular formula is C29H28F2N2O4. The monoisotopic (exact) mass is 506 g/mol. The number of nitrogens with one attached hydrogen (secondary N) is 2. The molecule has 1 fully saturated rings. The molecule has 192 valence electrons. The van der Waals surface area contributed by atoms with E-state index in [4.69, 9.17) is 4.74 Å². The highest BCUT2D eigenvalue weighted by Crippen LogP contribution is 2.43. The highest BCUT2D eigenvalue weighted by molar-refractivity contribution is 5.91. The van der Waals surface area contributed by atoms with Gasteiger partial charge >= 0.3 is 5.97 Å². The number of ether oxygens (including phenoxy) is 1. The van der Waals surface area contributed by atoms with Gasteiger partial charge < -0.3 is 15.4 Å². The van der Waals surface area contributed by atoms with Crippen LogP contribution in [0.2, 0.25) is 0 Å². The van der Waals surface area contributed by atoms with Gasteiger partial charge in [0, 0.05) is 12.0 Å². The molecule has 37 heavy (non-hydrogen) atoms.